The van der Waals surface area contributed by atoms with Crippen LogP contribution in [-0.2, 0) is 51.0 Å². The SMILES string of the molecule is CO[C@H]1O[C@H](COc2cccc(-c3nccc(COc4ccc(O[Si](C)(C)C(C)(C)C)cc4CC(OC(C)=O)C(=O)O)n3)c2)[C@@H](OC)[C@H](OC)[C@@H]1OC. The molecule has 2 heterocycles. The Morgan fingerprint density at radius 2 is 1.62 bits per heavy atom. The second kappa shape index (κ2) is 18.3. The van der Waals surface area contributed by atoms with Gasteiger partial charge < -0.3 is 47.4 Å². The predicted molar refractivity (Wildman–Crippen MR) is 197 cm³/mol. The second-order valence-electron chi connectivity index (χ2n) is 14.2. The molecule has 3 aromatic rings. The van der Waals surface area contributed by atoms with Crippen LogP contribution in [0.4, 0.5) is 0 Å². The van der Waals surface area contributed by atoms with Gasteiger partial charge in [-0.15, -0.1) is 0 Å². The zero-order valence-electron chi connectivity index (χ0n) is 32.1. The van der Waals surface area contributed by atoms with Gasteiger partial charge in [0.1, 0.15) is 54.9 Å². The molecule has 1 saturated heterocycles. The molecule has 1 unspecified atom stereocenters. The molecule has 1 aliphatic heterocycles. The molecule has 0 aliphatic carbocycles. The fourth-order valence-electron chi connectivity index (χ4n) is 5.62. The lowest BCUT2D eigenvalue weighted by Gasteiger charge is -2.44. The first-order valence-electron chi connectivity index (χ1n) is 17.3. The summed E-state index contributed by atoms with van der Waals surface area (Å²) in [6.45, 7) is 12.0. The third-order valence-corrected chi connectivity index (χ3v) is 13.8. The molecule has 15 heteroatoms. The molecule has 1 fully saturated rings. The molecule has 14 nitrogen and oxygen atoms in total. The van der Waals surface area contributed by atoms with Gasteiger partial charge in [0.15, 0.2) is 12.1 Å². The van der Waals surface area contributed by atoms with Crippen molar-refractivity contribution in [3.05, 3.63) is 66.0 Å². The molecule has 0 bridgehead atoms. The lowest BCUT2D eigenvalue weighted by atomic mass is 9.98. The van der Waals surface area contributed by atoms with E-state index in [0.29, 0.717) is 39.9 Å². The number of methoxy groups -OCH3 is 4. The zero-order chi connectivity index (χ0) is 38.9. The van der Waals surface area contributed by atoms with Gasteiger partial charge in [-0.2, -0.15) is 0 Å². The molecular formula is C38H52N2O12Si. The highest BCUT2D eigenvalue weighted by Gasteiger charge is 2.47. The molecule has 4 rings (SSSR count). The van der Waals surface area contributed by atoms with Crippen LogP contribution in [0.5, 0.6) is 17.2 Å². The summed E-state index contributed by atoms with van der Waals surface area (Å²) in [6, 6.07) is 14.4. The van der Waals surface area contributed by atoms with E-state index in [1.807, 2.05) is 24.3 Å². The van der Waals surface area contributed by atoms with E-state index in [9.17, 15) is 14.7 Å². The van der Waals surface area contributed by atoms with Crippen LogP contribution in [0.3, 0.4) is 0 Å². The number of hydrogen-bond acceptors (Lipinski definition) is 13. The molecule has 53 heavy (non-hydrogen) atoms. The van der Waals surface area contributed by atoms with E-state index in [0.717, 1.165) is 0 Å². The van der Waals surface area contributed by atoms with Gasteiger partial charge in [-0.3, -0.25) is 4.79 Å². The quantitative estimate of drug-likeness (QED) is 0.136. The maximum absolute atomic E-state index is 12.0. The van der Waals surface area contributed by atoms with E-state index in [1.54, 1.807) is 51.8 Å². The summed E-state index contributed by atoms with van der Waals surface area (Å²) in [5.74, 6) is 0.0362. The summed E-state index contributed by atoms with van der Waals surface area (Å²) in [5, 5.41) is 9.73. The number of nitrogens with zero attached hydrogens (tertiary/aromatic N) is 2. The Labute approximate surface area is 312 Å². The molecule has 0 spiro atoms. The van der Waals surface area contributed by atoms with Crippen molar-refractivity contribution < 1.29 is 57.0 Å². The van der Waals surface area contributed by atoms with Gasteiger partial charge in [0.05, 0.1) is 5.69 Å². The minimum Gasteiger partial charge on any atom is -0.543 e. The minimum absolute atomic E-state index is 0.0493. The number of carbonyl (C=O) groups excluding carboxylic acids is 1. The number of carbonyl (C=O) groups is 2. The van der Waals surface area contributed by atoms with E-state index in [4.69, 9.17) is 47.3 Å². The monoisotopic (exact) mass is 756 g/mol. The Hall–Kier alpha value is -4.12. The number of esters is 1. The van der Waals surface area contributed by atoms with Crippen molar-refractivity contribution in [3.63, 3.8) is 0 Å². The summed E-state index contributed by atoms with van der Waals surface area (Å²) in [6.07, 6.45) is -2.50. The fourth-order valence-corrected chi connectivity index (χ4v) is 6.64. The molecule has 2 aromatic carbocycles. The van der Waals surface area contributed by atoms with Gasteiger partial charge in [0.2, 0.25) is 14.4 Å². The number of carboxylic acid groups (broad SMARTS) is 1. The highest BCUT2D eigenvalue weighted by atomic mass is 28.4. The van der Waals surface area contributed by atoms with E-state index in [1.165, 1.54) is 14.0 Å². The summed E-state index contributed by atoms with van der Waals surface area (Å²) >= 11 is 0. The summed E-state index contributed by atoms with van der Waals surface area (Å²) in [5.41, 5.74) is 1.80. The molecule has 1 aromatic heterocycles. The Morgan fingerprint density at radius 3 is 2.25 bits per heavy atom. The van der Waals surface area contributed by atoms with Gasteiger partial charge >= 0.3 is 11.9 Å². The molecule has 0 amide bonds. The number of aliphatic carboxylic acids is 1. The molecule has 6 atom stereocenters. The lowest BCUT2D eigenvalue weighted by Crippen LogP contribution is -2.61. The van der Waals surface area contributed by atoms with Crippen LogP contribution in [0, 0.1) is 0 Å². The Kier molecular flexibility index (Phi) is 14.4. The minimum atomic E-state index is -2.22. The molecule has 0 saturated carbocycles. The summed E-state index contributed by atoms with van der Waals surface area (Å²) in [7, 11) is 4.06. The Morgan fingerprint density at radius 1 is 0.906 bits per heavy atom. The molecule has 290 valence electrons. The molecule has 1 N–H and O–H groups in total. The van der Waals surface area contributed by atoms with Crippen LogP contribution in [0.2, 0.25) is 18.1 Å². The Bertz CT molecular complexity index is 1680. The van der Waals surface area contributed by atoms with Crippen molar-refractivity contribution >= 4 is 20.3 Å². The average molecular weight is 757 g/mol. The third-order valence-electron chi connectivity index (χ3n) is 9.44. The highest BCUT2D eigenvalue weighted by Crippen LogP contribution is 2.38. The van der Waals surface area contributed by atoms with Crippen LogP contribution in [0.15, 0.2) is 54.7 Å². The first kappa shape index (κ1) is 41.6. The third kappa shape index (κ3) is 10.7. The largest absolute Gasteiger partial charge is 0.543 e. The molecular weight excluding hydrogens is 705 g/mol. The number of hydrogen-bond donors (Lipinski definition) is 1. The topological polar surface area (TPSA) is 163 Å². The van der Waals surface area contributed by atoms with Crippen LogP contribution in [0.25, 0.3) is 11.4 Å². The summed E-state index contributed by atoms with van der Waals surface area (Å²) in [4.78, 5) is 32.9. The molecule has 1 aliphatic rings. The van der Waals surface area contributed by atoms with Crippen LogP contribution < -0.4 is 13.9 Å². The lowest BCUT2D eigenvalue weighted by molar-refractivity contribution is -0.305. The van der Waals surface area contributed by atoms with Gasteiger partial charge in [0, 0.05) is 59.1 Å². The highest BCUT2D eigenvalue weighted by molar-refractivity contribution is 6.74. The van der Waals surface area contributed by atoms with Crippen molar-refractivity contribution in [1.82, 2.24) is 9.97 Å². The zero-order valence-corrected chi connectivity index (χ0v) is 33.1. The first-order chi connectivity index (χ1) is 25.1. The average Bonchev–Trinajstić information content (AvgIpc) is 3.11. The van der Waals surface area contributed by atoms with Crippen molar-refractivity contribution in [2.75, 3.05) is 35.0 Å². The fraction of sp³-hybridized carbons (Fsp3) is 0.526. The van der Waals surface area contributed by atoms with Gasteiger partial charge in [-0.05, 0) is 54.5 Å². The normalized spacial score (nSPS) is 21.1. The van der Waals surface area contributed by atoms with E-state index in [-0.39, 0.29) is 24.7 Å². The van der Waals surface area contributed by atoms with Crippen LogP contribution in [-0.4, -0.2) is 107 Å². The van der Waals surface area contributed by atoms with Crippen LogP contribution in [0.1, 0.15) is 39.0 Å². The maximum Gasteiger partial charge on any atom is 0.345 e. The van der Waals surface area contributed by atoms with Gasteiger partial charge in [-0.1, -0.05) is 32.9 Å². The van der Waals surface area contributed by atoms with Gasteiger partial charge in [0.25, 0.3) is 0 Å². The first-order valence-corrected chi connectivity index (χ1v) is 20.2. The van der Waals surface area contributed by atoms with Crippen LogP contribution >= 0.6 is 0 Å². The Balaban J connectivity index is 1.51. The van der Waals surface area contributed by atoms with Gasteiger partial charge in [-0.25, -0.2) is 14.8 Å². The van der Waals surface area contributed by atoms with Crippen molar-refractivity contribution in [1.29, 1.82) is 0 Å². The number of carboxylic acids is 1. The molecule has 0 radical (unpaired) electrons. The number of benzene rings is 2. The van der Waals surface area contributed by atoms with E-state index in [2.05, 4.69) is 38.8 Å². The summed E-state index contributed by atoms with van der Waals surface area (Å²) < 4.78 is 52.6. The maximum atomic E-state index is 12.0. The smallest absolute Gasteiger partial charge is 0.345 e. The number of aromatic nitrogens is 2. The van der Waals surface area contributed by atoms with Crippen molar-refractivity contribution in [3.8, 4) is 28.6 Å². The van der Waals surface area contributed by atoms with E-state index >= 15 is 0 Å². The van der Waals surface area contributed by atoms with Crippen molar-refractivity contribution in [2.45, 2.75) is 95.7 Å². The number of rotatable bonds is 17. The standard InChI is InChI=1S/C38H52N2O12Si/c1-23(41)50-30(36(42)43)20-25-19-28(52-53(9,10)38(2,3)4)14-15-29(25)49-21-26-16-17-39-35(40-26)24-12-11-13-27(18-24)48-22-31-32(44-5)33(45-6)34(46-7)37(47-8)51-31/h11-19,30-34,37H,20-22H2,1-10H3,(H,42,43)/t30?,31-,32-,33+,34+,37+/m1/s1. The van der Waals surface area contributed by atoms with Crippen molar-refractivity contribution in [2.24, 2.45) is 0 Å². The predicted octanol–water partition coefficient (Wildman–Crippen LogP) is 5.46. The second-order valence-corrected chi connectivity index (χ2v) is 18.9. The number of ether oxygens (including phenoxy) is 8. The van der Waals surface area contributed by atoms with E-state index < -0.39 is 57.1 Å².